The van der Waals surface area contributed by atoms with Gasteiger partial charge in [-0.25, -0.2) is 4.79 Å². The van der Waals surface area contributed by atoms with Gasteiger partial charge < -0.3 is 15.3 Å². The molecule has 0 spiro atoms. The van der Waals surface area contributed by atoms with Crippen molar-refractivity contribution in [1.82, 2.24) is 10.2 Å². The van der Waals surface area contributed by atoms with E-state index in [1.165, 1.54) is 10.5 Å². The van der Waals surface area contributed by atoms with E-state index in [1.54, 1.807) is 0 Å². The van der Waals surface area contributed by atoms with Crippen molar-refractivity contribution in [3.63, 3.8) is 0 Å². The number of rotatable bonds is 6. The van der Waals surface area contributed by atoms with Gasteiger partial charge in [-0.1, -0.05) is 24.6 Å². The van der Waals surface area contributed by atoms with Gasteiger partial charge >= 0.3 is 6.03 Å². The van der Waals surface area contributed by atoms with Crippen molar-refractivity contribution in [1.29, 1.82) is 0 Å². The molecule has 1 fully saturated rings. The van der Waals surface area contributed by atoms with Gasteiger partial charge in [-0.3, -0.25) is 0 Å². The van der Waals surface area contributed by atoms with Crippen LogP contribution in [0.4, 0.5) is 4.79 Å². The fraction of sp³-hybridized carbons (Fsp3) is 0.611. The summed E-state index contributed by atoms with van der Waals surface area (Å²) in [7, 11) is 0. The van der Waals surface area contributed by atoms with Gasteiger partial charge in [0.2, 0.25) is 0 Å². The monoisotopic (exact) mass is 336 g/mol. The van der Waals surface area contributed by atoms with Crippen molar-refractivity contribution < 1.29 is 9.90 Å². The number of thioether (sulfide) groups is 1. The number of piperidine rings is 1. The molecule has 23 heavy (non-hydrogen) atoms. The van der Waals surface area contributed by atoms with Crippen LogP contribution in [0, 0.1) is 12.8 Å². The Labute approximate surface area is 143 Å². The van der Waals surface area contributed by atoms with E-state index in [4.69, 9.17) is 5.11 Å². The molecule has 4 nitrogen and oxygen atoms in total. The molecule has 2 N–H and O–H groups in total. The fourth-order valence-electron chi connectivity index (χ4n) is 2.69. The largest absolute Gasteiger partial charge is 0.396 e. The molecule has 1 aliphatic rings. The molecule has 2 rings (SSSR count). The van der Waals surface area contributed by atoms with Gasteiger partial charge in [0.25, 0.3) is 0 Å². The number of carbonyl (C=O) groups is 1. The minimum absolute atomic E-state index is 0.0362. The number of urea groups is 1. The van der Waals surface area contributed by atoms with E-state index in [1.807, 2.05) is 23.6 Å². The summed E-state index contributed by atoms with van der Waals surface area (Å²) in [5.74, 6) is 0.242. The van der Waals surface area contributed by atoms with Crippen LogP contribution in [0.25, 0.3) is 0 Å². The van der Waals surface area contributed by atoms with Gasteiger partial charge in [0.05, 0.1) is 0 Å². The summed E-state index contributed by atoms with van der Waals surface area (Å²) >= 11 is 1.93. The van der Waals surface area contributed by atoms with E-state index < -0.39 is 0 Å². The predicted octanol–water partition coefficient (Wildman–Crippen LogP) is 3.28. The maximum Gasteiger partial charge on any atom is 0.317 e. The minimum atomic E-state index is 0.0362. The molecule has 5 heteroatoms. The zero-order chi connectivity index (χ0) is 16.7. The molecule has 0 radical (unpaired) electrons. The number of nitrogens with zero attached hydrogens (tertiary/aromatic N) is 1. The highest BCUT2D eigenvalue weighted by atomic mass is 32.2. The summed E-state index contributed by atoms with van der Waals surface area (Å²) in [6.45, 7) is 6.57. The minimum Gasteiger partial charge on any atom is -0.396 e. The number of aryl methyl sites for hydroxylation is 1. The number of amides is 2. The van der Waals surface area contributed by atoms with Crippen molar-refractivity contribution in [2.45, 2.75) is 43.3 Å². The summed E-state index contributed by atoms with van der Waals surface area (Å²) in [5.41, 5.74) is 1.30. The van der Waals surface area contributed by atoms with Gasteiger partial charge in [-0.2, -0.15) is 0 Å². The lowest BCUT2D eigenvalue weighted by molar-refractivity contribution is 0.185. The molecule has 0 saturated carbocycles. The average Bonchev–Trinajstić information content (AvgIpc) is 2.55. The number of carbonyl (C=O) groups excluding carboxylic acids is 1. The van der Waals surface area contributed by atoms with Gasteiger partial charge in [-0.05, 0) is 44.2 Å². The van der Waals surface area contributed by atoms with Crippen LogP contribution >= 0.6 is 11.8 Å². The zero-order valence-electron chi connectivity index (χ0n) is 14.1. The topological polar surface area (TPSA) is 52.6 Å². The second kappa shape index (κ2) is 9.18. The Morgan fingerprint density at radius 2 is 2.17 bits per heavy atom. The average molecular weight is 337 g/mol. The lowest BCUT2D eigenvalue weighted by atomic mass is 10.1. The summed E-state index contributed by atoms with van der Waals surface area (Å²) in [4.78, 5) is 15.4. The molecule has 0 aliphatic carbocycles. The number of aliphatic hydroxyl groups excluding tert-OH is 1. The van der Waals surface area contributed by atoms with Crippen molar-refractivity contribution in [2.75, 3.05) is 26.2 Å². The Balaban J connectivity index is 1.70. The molecular weight excluding hydrogens is 308 g/mol. The Kier molecular flexibility index (Phi) is 7.24. The summed E-state index contributed by atoms with van der Waals surface area (Å²) in [6, 6.07) is 8.65. The zero-order valence-corrected chi connectivity index (χ0v) is 14.9. The molecule has 1 aromatic rings. The van der Waals surface area contributed by atoms with Crippen LogP contribution < -0.4 is 5.32 Å². The predicted molar refractivity (Wildman–Crippen MR) is 95.9 cm³/mol. The Bertz CT molecular complexity index is 502. The Hall–Kier alpha value is -1.20. The van der Waals surface area contributed by atoms with E-state index in [9.17, 15) is 4.79 Å². The van der Waals surface area contributed by atoms with Gasteiger partial charge in [-0.15, -0.1) is 11.8 Å². The fourth-order valence-corrected chi connectivity index (χ4v) is 3.93. The molecular formula is C18H28N2O2S. The number of hydrogen-bond donors (Lipinski definition) is 2. The van der Waals surface area contributed by atoms with E-state index in [0.717, 1.165) is 32.4 Å². The number of benzene rings is 1. The molecule has 1 aromatic carbocycles. The van der Waals surface area contributed by atoms with E-state index in [0.29, 0.717) is 11.8 Å². The molecule has 1 heterocycles. The first-order valence-corrected chi connectivity index (χ1v) is 9.33. The quantitative estimate of drug-likeness (QED) is 0.838. The van der Waals surface area contributed by atoms with Gasteiger partial charge in [0.15, 0.2) is 0 Å². The maximum atomic E-state index is 12.1. The first-order chi connectivity index (χ1) is 11.1. The highest BCUT2D eigenvalue weighted by molar-refractivity contribution is 8.00. The van der Waals surface area contributed by atoms with Crippen molar-refractivity contribution in [3.05, 3.63) is 29.8 Å². The smallest absolute Gasteiger partial charge is 0.317 e. The molecule has 2 amide bonds. The maximum absolute atomic E-state index is 12.1. The highest BCUT2D eigenvalue weighted by Gasteiger charge is 2.23. The molecule has 0 bridgehead atoms. The molecule has 0 unspecified atom stereocenters. The number of hydrogen-bond acceptors (Lipinski definition) is 3. The van der Waals surface area contributed by atoms with Gasteiger partial charge in [0, 0.05) is 36.4 Å². The van der Waals surface area contributed by atoms with Crippen LogP contribution in [0.15, 0.2) is 29.2 Å². The van der Waals surface area contributed by atoms with Crippen LogP contribution in [0.2, 0.25) is 0 Å². The molecule has 1 aliphatic heterocycles. The lowest BCUT2D eigenvalue weighted by Gasteiger charge is -2.31. The van der Waals surface area contributed by atoms with Crippen LogP contribution in [0.1, 0.15) is 31.7 Å². The van der Waals surface area contributed by atoms with Crippen molar-refractivity contribution in [3.8, 4) is 0 Å². The Morgan fingerprint density at radius 3 is 2.83 bits per heavy atom. The van der Waals surface area contributed by atoms with Crippen LogP contribution in [0.5, 0.6) is 0 Å². The third-order valence-corrected chi connectivity index (χ3v) is 5.58. The SMILES string of the molecule is Cc1cccc(SC2CCN(C(=O)NCC[C@H](C)CO)CC2)c1. The standard InChI is InChI=1S/C18H28N2O2S/c1-14-4-3-5-17(12-14)23-16-7-10-20(11-8-16)18(22)19-9-6-15(2)13-21/h3-5,12,15-16,21H,6-11,13H2,1-2H3,(H,19,22)/t15-/m0/s1. The summed E-state index contributed by atoms with van der Waals surface area (Å²) in [6.07, 6.45) is 2.90. The van der Waals surface area contributed by atoms with E-state index in [-0.39, 0.29) is 18.6 Å². The number of aliphatic hydroxyl groups is 1. The molecule has 1 saturated heterocycles. The molecule has 128 valence electrons. The van der Waals surface area contributed by atoms with Crippen LogP contribution in [-0.2, 0) is 0 Å². The third kappa shape index (κ3) is 6.07. The Morgan fingerprint density at radius 1 is 1.43 bits per heavy atom. The van der Waals surface area contributed by atoms with Crippen LogP contribution in [0.3, 0.4) is 0 Å². The summed E-state index contributed by atoms with van der Waals surface area (Å²) in [5, 5.41) is 12.5. The first-order valence-electron chi connectivity index (χ1n) is 8.45. The van der Waals surface area contributed by atoms with Crippen LogP contribution in [-0.4, -0.2) is 47.5 Å². The lowest BCUT2D eigenvalue weighted by Crippen LogP contribution is -2.45. The van der Waals surface area contributed by atoms with Crippen molar-refractivity contribution >= 4 is 17.8 Å². The molecule has 0 aromatic heterocycles. The molecule has 1 atom stereocenters. The normalized spacial score (nSPS) is 17.1. The van der Waals surface area contributed by atoms with E-state index >= 15 is 0 Å². The number of nitrogens with one attached hydrogen (secondary N) is 1. The number of likely N-dealkylation sites (tertiary alicyclic amines) is 1. The third-order valence-electron chi connectivity index (χ3n) is 4.25. The summed E-state index contributed by atoms with van der Waals surface area (Å²) < 4.78 is 0. The second-order valence-corrected chi connectivity index (χ2v) is 7.80. The van der Waals surface area contributed by atoms with E-state index in [2.05, 4.69) is 36.5 Å². The highest BCUT2D eigenvalue weighted by Crippen LogP contribution is 2.30. The second-order valence-electron chi connectivity index (χ2n) is 6.43. The van der Waals surface area contributed by atoms with Gasteiger partial charge in [0.1, 0.15) is 0 Å². The van der Waals surface area contributed by atoms with Crippen molar-refractivity contribution in [2.24, 2.45) is 5.92 Å². The first kappa shape index (κ1) is 18.1.